The van der Waals surface area contributed by atoms with Crippen LogP contribution in [0.15, 0.2) is 31.6 Å². The summed E-state index contributed by atoms with van der Waals surface area (Å²) >= 11 is 17.9. The molecule has 0 spiro atoms. The van der Waals surface area contributed by atoms with Gasteiger partial charge in [0.1, 0.15) is 22.6 Å². The maximum atomic E-state index is 5.71. The molecule has 20 heavy (non-hydrogen) atoms. The Bertz CT molecular complexity index is 443. The van der Waals surface area contributed by atoms with Gasteiger partial charge in [-0.3, -0.25) is 0 Å². The Hall–Kier alpha value is 0.0600. The fraction of sp³-hybridized carbons (Fsp3) is 0.385. The number of halogens is 4. The molecule has 1 aromatic rings. The molecule has 0 unspecified atom stereocenters. The van der Waals surface area contributed by atoms with Crippen molar-refractivity contribution in [2.24, 2.45) is 5.73 Å². The Morgan fingerprint density at radius 1 is 1.15 bits per heavy atom. The average molecular weight is 448 g/mol. The van der Waals surface area contributed by atoms with Gasteiger partial charge in [0.05, 0.1) is 15.6 Å². The molecule has 0 radical (unpaired) electrons. The maximum Gasteiger partial charge on any atom is 0.147 e. The smallest absolute Gasteiger partial charge is 0.147 e. The Morgan fingerprint density at radius 2 is 1.80 bits per heavy atom. The van der Waals surface area contributed by atoms with Crippen molar-refractivity contribution in [3.63, 3.8) is 0 Å². The zero-order valence-electron chi connectivity index (χ0n) is 10.7. The molecule has 7 heteroatoms. The molecule has 0 aliphatic carbocycles. The highest BCUT2D eigenvalue weighted by molar-refractivity contribution is 9.11. The van der Waals surface area contributed by atoms with Crippen molar-refractivity contribution in [2.75, 3.05) is 19.8 Å². The van der Waals surface area contributed by atoms with E-state index in [1.165, 1.54) is 0 Å². The topological polar surface area (TPSA) is 44.5 Å². The number of ether oxygens (including phenoxy) is 2. The summed E-state index contributed by atoms with van der Waals surface area (Å²) in [5.74, 6) is 1.43. The van der Waals surface area contributed by atoms with Gasteiger partial charge in [-0.25, -0.2) is 0 Å². The highest BCUT2D eigenvalue weighted by Crippen LogP contribution is 2.37. The molecule has 0 amide bonds. The SMILES string of the molecule is NCCCCOc1c(Br)cc(OCC=C(Cl)Cl)cc1Br. The number of hydrogen-bond acceptors (Lipinski definition) is 3. The molecule has 0 saturated carbocycles. The van der Waals surface area contributed by atoms with Crippen molar-refractivity contribution < 1.29 is 9.47 Å². The summed E-state index contributed by atoms with van der Waals surface area (Å²) in [5, 5.41) is 0. The summed E-state index contributed by atoms with van der Waals surface area (Å²) in [6.07, 6.45) is 3.44. The molecule has 0 atom stereocenters. The van der Waals surface area contributed by atoms with Crippen molar-refractivity contribution in [3.05, 3.63) is 31.6 Å². The van der Waals surface area contributed by atoms with Gasteiger partial charge in [0.25, 0.3) is 0 Å². The maximum absolute atomic E-state index is 5.71. The van der Waals surface area contributed by atoms with E-state index in [2.05, 4.69) is 31.9 Å². The Balaban J connectivity index is 2.63. The lowest BCUT2D eigenvalue weighted by molar-refractivity contribution is 0.302. The molecule has 0 fully saturated rings. The molecule has 1 aromatic carbocycles. The van der Waals surface area contributed by atoms with E-state index in [-0.39, 0.29) is 4.49 Å². The molecule has 0 aliphatic rings. The summed E-state index contributed by atoms with van der Waals surface area (Å²) in [6, 6.07) is 3.66. The molecule has 0 aromatic heterocycles. The quantitative estimate of drug-likeness (QED) is 0.568. The summed E-state index contributed by atoms with van der Waals surface area (Å²) in [6.45, 7) is 1.60. The van der Waals surface area contributed by atoms with Gasteiger partial charge in [0, 0.05) is 0 Å². The van der Waals surface area contributed by atoms with Crippen molar-refractivity contribution in [1.82, 2.24) is 0 Å². The minimum Gasteiger partial charge on any atom is -0.491 e. The van der Waals surface area contributed by atoms with E-state index in [4.69, 9.17) is 38.4 Å². The lowest BCUT2D eigenvalue weighted by Crippen LogP contribution is -2.04. The van der Waals surface area contributed by atoms with Crippen LogP contribution in [0, 0.1) is 0 Å². The molecule has 0 saturated heterocycles. The average Bonchev–Trinajstić information content (AvgIpc) is 2.36. The molecular formula is C13H15Br2Cl2NO2. The minimum absolute atomic E-state index is 0.183. The fourth-order valence-electron chi connectivity index (χ4n) is 1.38. The Labute approximate surface area is 145 Å². The van der Waals surface area contributed by atoms with E-state index in [9.17, 15) is 0 Å². The normalized spacial score (nSPS) is 10.2. The zero-order valence-corrected chi connectivity index (χ0v) is 15.4. The first-order valence-corrected chi connectivity index (χ1v) is 8.34. The number of hydrogen-bond donors (Lipinski definition) is 1. The molecule has 0 heterocycles. The van der Waals surface area contributed by atoms with Crippen LogP contribution in [0.3, 0.4) is 0 Å². The van der Waals surface area contributed by atoms with Crippen LogP contribution in [0.1, 0.15) is 12.8 Å². The first-order valence-electron chi connectivity index (χ1n) is 6.00. The number of unbranched alkanes of at least 4 members (excludes halogenated alkanes) is 1. The van der Waals surface area contributed by atoms with Gasteiger partial charge in [0.2, 0.25) is 0 Å². The van der Waals surface area contributed by atoms with E-state index in [1.54, 1.807) is 6.08 Å². The van der Waals surface area contributed by atoms with Gasteiger partial charge in [0.15, 0.2) is 0 Å². The Kier molecular flexibility index (Phi) is 8.96. The van der Waals surface area contributed by atoms with Crippen LogP contribution in [0.2, 0.25) is 0 Å². The number of rotatable bonds is 8. The molecule has 0 aliphatic heterocycles. The first-order chi connectivity index (χ1) is 9.54. The lowest BCUT2D eigenvalue weighted by atomic mass is 10.3. The molecular weight excluding hydrogens is 433 g/mol. The third-order valence-corrected chi connectivity index (χ3v) is 3.79. The van der Waals surface area contributed by atoms with Crippen molar-refractivity contribution in [2.45, 2.75) is 12.8 Å². The van der Waals surface area contributed by atoms with Crippen molar-refractivity contribution >= 4 is 55.1 Å². The van der Waals surface area contributed by atoms with Crippen molar-refractivity contribution in [3.8, 4) is 11.5 Å². The molecule has 112 valence electrons. The standard InChI is InChI=1S/C13H15Br2Cl2NO2/c14-10-7-9(19-6-3-12(16)17)8-11(15)13(10)20-5-2-1-4-18/h3,7-8H,1-2,4-6,18H2. The second kappa shape index (κ2) is 9.90. The summed E-state index contributed by atoms with van der Waals surface area (Å²) in [4.78, 5) is 0. The van der Waals surface area contributed by atoms with E-state index < -0.39 is 0 Å². The Morgan fingerprint density at radius 3 is 2.35 bits per heavy atom. The molecule has 0 bridgehead atoms. The molecule has 2 N–H and O–H groups in total. The molecule has 3 nitrogen and oxygen atoms in total. The predicted octanol–water partition coefficient (Wildman–Crippen LogP) is 5.03. The van der Waals surface area contributed by atoms with Crippen LogP contribution in [0.5, 0.6) is 11.5 Å². The minimum atomic E-state index is 0.183. The van der Waals surface area contributed by atoms with Crippen LogP contribution in [-0.4, -0.2) is 19.8 Å². The van der Waals surface area contributed by atoms with E-state index >= 15 is 0 Å². The summed E-state index contributed by atoms with van der Waals surface area (Å²) in [5.41, 5.74) is 5.44. The molecule has 1 rings (SSSR count). The number of nitrogens with two attached hydrogens (primary N) is 1. The first kappa shape index (κ1) is 18.1. The third-order valence-electron chi connectivity index (χ3n) is 2.30. The second-order valence-electron chi connectivity index (χ2n) is 3.87. The number of benzene rings is 1. The van der Waals surface area contributed by atoms with Crippen LogP contribution >= 0.6 is 55.1 Å². The van der Waals surface area contributed by atoms with Crippen LogP contribution in [0.4, 0.5) is 0 Å². The monoisotopic (exact) mass is 445 g/mol. The lowest BCUT2D eigenvalue weighted by Gasteiger charge is -2.12. The van der Waals surface area contributed by atoms with Crippen LogP contribution < -0.4 is 15.2 Å². The largest absolute Gasteiger partial charge is 0.491 e. The van der Waals surface area contributed by atoms with Crippen LogP contribution in [-0.2, 0) is 0 Å². The second-order valence-corrected chi connectivity index (χ2v) is 6.58. The summed E-state index contributed by atoms with van der Waals surface area (Å²) < 4.78 is 13.0. The highest BCUT2D eigenvalue weighted by Gasteiger charge is 2.09. The van der Waals surface area contributed by atoms with Crippen LogP contribution in [0.25, 0.3) is 0 Å². The zero-order chi connectivity index (χ0) is 15.0. The van der Waals surface area contributed by atoms with Gasteiger partial charge >= 0.3 is 0 Å². The van der Waals surface area contributed by atoms with Gasteiger partial charge < -0.3 is 15.2 Å². The predicted molar refractivity (Wildman–Crippen MR) is 90.9 cm³/mol. The fourth-order valence-corrected chi connectivity index (χ4v) is 2.88. The van der Waals surface area contributed by atoms with E-state index in [0.717, 1.165) is 27.5 Å². The van der Waals surface area contributed by atoms with E-state index in [0.29, 0.717) is 25.5 Å². The highest BCUT2D eigenvalue weighted by atomic mass is 79.9. The van der Waals surface area contributed by atoms with Gasteiger partial charge in [-0.15, -0.1) is 0 Å². The van der Waals surface area contributed by atoms with Crippen molar-refractivity contribution in [1.29, 1.82) is 0 Å². The van der Waals surface area contributed by atoms with Gasteiger partial charge in [-0.1, -0.05) is 23.2 Å². The third kappa shape index (κ3) is 6.68. The summed E-state index contributed by atoms with van der Waals surface area (Å²) in [7, 11) is 0. The van der Waals surface area contributed by atoms with E-state index in [1.807, 2.05) is 12.1 Å². The van der Waals surface area contributed by atoms with Gasteiger partial charge in [-0.2, -0.15) is 0 Å². The van der Waals surface area contributed by atoms with Gasteiger partial charge in [-0.05, 0) is 69.5 Å².